The molecule has 2 heterocycles. The van der Waals surface area contributed by atoms with Crippen LogP contribution in [0.5, 0.6) is 17.2 Å². The van der Waals surface area contributed by atoms with Gasteiger partial charge in [0.25, 0.3) is 17.7 Å². The summed E-state index contributed by atoms with van der Waals surface area (Å²) in [6.45, 7) is 9.77. The van der Waals surface area contributed by atoms with Crippen LogP contribution >= 0.6 is 81.2 Å². The van der Waals surface area contributed by atoms with Gasteiger partial charge in [0, 0.05) is 33.9 Å². The molecule has 19 nitrogen and oxygen atoms in total. The normalized spacial score (nSPS) is 15.3. The van der Waals surface area contributed by atoms with Gasteiger partial charge in [-0.15, -0.1) is 0 Å². The highest BCUT2D eigenvalue weighted by atomic mass is 35.5. The molecule has 2 fully saturated rings. The number of methoxy groups -OCH3 is 1. The number of ether oxygens (including phenoxy) is 3. The summed E-state index contributed by atoms with van der Waals surface area (Å²) in [4.78, 5) is 61.7. The maximum absolute atomic E-state index is 13.8. The number of aliphatic imine (C=N–C) groups is 2. The Morgan fingerprint density at radius 1 is 0.521 bits per heavy atom. The molecule has 2 aliphatic heterocycles. The Balaban J connectivity index is 0.000000246. The van der Waals surface area contributed by atoms with Crippen LogP contribution < -0.4 is 45.7 Å². The molecule has 0 aromatic heterocycles. The van der Waals surface area contributed by atoms with Crippen molar-refractivity contribution in [2.45, 2.75) is 124 Å². The molecular formula is C70H73Cl7N12O7. The van der Waals surface area contributed by atoms with Crippen molar-refractivity contribution in [1.82, 2.24) is 10.9 Å². The Labute approximate surface area is 593 Å². The molecule has 0 aliphatic carbocycles. The quantitative estimate of drug-likeness (QED) is 0.0270. The number of anilines is 4. The Kier molecular flexibility index (Phi) is 28.0. The van der Waals surface area contributed by atoms with E-state index < -0.39 is 23.9 Å². The minimum Gasteiger partial charge on any atom is -0.497 e. The second-order valence-corrected chi connectivity index (χ2v) is 25.6. The number of rotatable bonds is 28. The van der Waals surface area contributed by atoms with Gasteiger partial charge in [0.2, 0.25) is 18.0 Å². The number of carbonyl (C=O) groups excluding carboxylic acids is 4. The lowest BCUT2D eigenvalue weighted by Gasteiger charge is -2.19. The van der Waals surface area contributed by atoms with E-state index in [1.807, 2.05) is 64.1 Å². The number of nitrogens with zero attached hydrogens (tertiary/aromatic N) is 8. The van der Waals surface area contributed by atoms with Gasteiger partial charge in [-0.1, -0.05) is 182 Å². The molecule has 2 saturated heterocycles. The van der Waals surface area contributed by atoms with Crippen molar-refractivity contribution in [1.29, 1.82) is 0 Å². The molecule has 4 N–H and O–H groups in total. The van der Waals surface area contributed by atoms with E-state index >= 15 is 0 Å². The molecule has 504 valence electrons. The van der Waals surface area contributed by atoms with Crippen LogP contribution in [0, 0.1) is 27.7 Å². The van der Waals surface area contributed by atoms with E-state index in [0.29, 0.717) is 67.2 Å². The summed E-state index contributed by atoms with van der Waals surface area (Å²) in [6, 6.07) is 33.6. The lowest BCUT2D eigenvalue weighted by atomic mass is 10.1. The number of benzene rings is 7. The van der Waals surface area contributed by atoms with Crippen molar-refractivity contribution < 1.29 is 33.4 Å². The second-order valence-electron chi connectivity index (χ2n) is 22.7. The zero-order chi connectivity index (χ0) is 68.8. The highest BCUT2D eigenvalue weighted by Gasteiger charge is 2.42. The fourth-order valence-corrected chi connectivity index (χ4v) is 12.1. The third kappa shape index (κ3) is 21.2. The molecule has 7 aromatic carbocycles. The molecule has 26 heteroatoms. The van der Waals surface area contributed by atoms with Crippen molar-refractivity contribution >= 4 is 156 Å². The number of unbranched alkanes of at least 4 members (excludes halogenated alkanes) is 10. The summed E-state index contributed by atoms with van der Waals surface area (Å²) in [6.07, 6.45) is 13.8. The van der Waals surface area contributed by atoms with Crippen molar-refractivity contribution in [3.05, 3.63) is 185 Å². The average molecular weight is 1440 g/mol. The van der Waals surface area contributed by atoms with Gasteiger partial charge in [-0.25, -0.2) is 20.0 Å². The minimum atomic E-state index is -1.17. The Hall–Kier alpha value is -8.01. The van der Waals surface area contributed by atoms with Crippen molar-refractivity contribution in [3.8, 4) is 17.2 Å². The van der Waals surface area contributed by atoms with Crippen LogP contribution in [0.15, 0.2) is 158 Å². The van der Waals surface area contributed by atoms with Crippen LogP contribution in [-0.4, -0.2) is 67.8 Å². The fraction of sp³-hybridized carbons (Fsp3) is 0.314. The monoisotopic (exact) mass is 1440 g/mol. The van der Waals surface area contributed by atoms with Crippen molar-refractivity contribution in [2.75, 3.05) is 41.1 Å². The van der Waals surface area contributed by atoms with E-state index in [1.165, 1.54) is 80.6 Å². The van der Waals surface area contributed by atoms with E-state index in [-0.39, 0.29) is 68.3 Å². The van der Waals surface area contributed by atoms with Gasteiger partial charge in [-0.05, 0) is 148 Å². The highest BCUT2D eigenvalue weighted by molar-refractivity contribution is 6.44. The molecule has 0 radical (unpaired) electrons. The zero-order valence-electron chi connectivity index (χ0n) is 53.8. The number of hydrazine groups is 2. The number of halogens is 7. The first-order valence-electron chi connectivity index (χ1n) is 31.2. The van der Waals surface area contributed by atoms with Gasteiger partial charge in [-0.3, -0.25) is 30.0 Å². The van der Waals surface area contributed by atoms with Crippen LogP contribution in [0.25, 0.3) is 0 Å². The van der Waals surface area contributed by atoms with E-state index in [4.69, 9.17) is 95.4 Å². The first-order chi connectivity index (χ1) is 46.2. The molecular weight excluding hydrogens is 1370 g/mol. The van der Waals surface area contributed by atoms with Crippen LogP contribution in [0.1, 0.15) is 106 Å². The number of nitrogens with one attached hydrogen (secondary N) is 4. The van der Waals surface area contributed by atoms with Crippen LogP contribution in [-0.2, 0) is 19.2 Å². The lowest BCUT2D eigenvalue weighted by Crippen LogP contribution is -2.36. The number of hydrogen-bond acceptors (Lipinski definition) is 13. The lowest BCUT2D eigenvalue weighted by molar-refractivity contribution is -0.118. The average Bonchev–Trinajstić information content (AvgIpc) is 1.62. The van der Waals surface area contributed by atoms with Crippen LogP contribution in [0.4, 0.5) is 39.8 Å². The maximum atomic E-state index is 13.8. The molecule has 9 rings (SSSR count). The Morgan fingerprint density at radius 2 is 1.07 bits per heavy atom. The van der Waals surface area contributed by atoms with Crippen molar-refractivity contribution in [2.24, 2.45) is 30.4 Å². The molecule has 0 bridgehead atoms. The number of amidine groups is 2. The first kappa shape index (κ1) is 73.8. The molecule has 0 spiro atoms. The SMILES string of the molecule is CCCCCCCCCCCCCC(=O)Nc1ccc(Cl)c(N=C2NN(c3c(Cl)cc(Cl)cc3Cl)C(=O)C2N=Nc2ccc(C)c(C)c2)c1.COc1ccc(N=NC2C(=O)N(c3c(Cl)cc(Cl)cc3Cl)NC2=NCOc2cccc(NC(=O)COc3ccc(C)cc3C)c2)cc1. The first-order valence-corrected chi connectivity index (χ1v) is 33.8. The van der Waals surface area contributed by atoms with Crippen LogP contribution in [0.2, 0.25) is 35.2 Å². The second kappa shape index (κ2) is 36.4. The van der Waals surface area contributed by atoms with Gasteiger partial charge in [0.15, 0.2) is 25.0 Å². The predicted molar refractivity (Wildman–Crippen MR) is 387 cm³/mol. The number of carbonyl (C=O) groups is 4. The number of hydrogen-bond donors (Lipinski definition) is 4. The van der Waals surface area contributed by atoms with Gasteiger partial charge in [0.1, 0.15) is 28.6 Å². The summed E-state index contributed by atoms with van der Waals surface area (Å²) >= 11 is 44.5. The summed E-state index contributed by atoms with van der Waals surface area (Å²) in [5.74, 6) is 0.545. The van der Waals surface area contributed by atoms with Gasteiger partial charge in [-0.2, -0.15) is 20.5 Å². The summed E-state index contributed by atoms with van der Waals surface area (Å²) < 4.78 is 16.7. The Bertz CT molecular complexity index is 4000. The Morgan fingerprint density at radius 3 is 1.67 bits per heavy atom. The zero-order valence-corrected chi connectivity index (χ0v) is 59.1. The minimum absolute atomic E-state index is 0.0794. The molecule has 4 amide bonds. The topological polar surface area (TPSA) is 225 Å². The summed E-state index contributed by atoms with van der Waals surface area (Å²) in [5, 5.41) is 26.8. The third-order valence-corrected chi connectivity index (χ3v) is 17.1. The third-order valence-electron chi connectivity index (χ3n) is 15.2. The maximum Gasteiger partial charge on any atom is 0.280 e. The van der Waals surface area contributed by atoms with Crippen LogP contribution in [0.3, 0.4) is 0 Å². The van der Waals surface area contributed by atoms with Crippen molar-refractivity contribution in [3.63, 3.8) is 0 Å². The van der Waals surface area contributed by atoms with Gasteiger partial charge < -0.3 is 24.8 Å². The largest absolute Gasteiger partial charge is 0.497 e. The predicted octanol–water partition coefficient (Wildman–Crippen LogP) is 20.0. The number of amides is 4. The molecule has 96 heavy (non-hydrogen) atoms. The molecule has 2 aliphatic rings. The van der Waals surface area contributed by atoms with E-state index in [9.17, 15) is 19.2 Å². The van der Waals surface area contributed by atoms with E-state index in [2.05, 4.69) is 58.9 Å². The van der Waals surface area contributed by atoms with Gasteiger partial charge >= 0.3 is 0 Å². The van der Waals surface area contributed by atoms with Gasteiger partial charge in [0.05, 0.1) is 49.3 Å². The summed E-state index contributed by atoms with van der Waals surface area (Å²) in [7, 11) is 1.56. The fourth-order valence-electron chi connectivity index (χ4n) is 9.99. The smallest absolute Gasteiger partial charge is 0.280 e. The van der Waals surface area contributed by atoms with E-state index in [1.54, 1.807) is 73.8 Å². The highest BCUT2D eigenvalue weighted by Crippen LogP contribution is 2.40. The number of aryl methyl sites for hydroxylation is 4. The molecule has 7 aromatic rings. The molecule has 2 atom stereocenters. The number of azo groups is 2. The molecule has 2 unspecified atom stereocenters. The standard InChI is InChI=1S/C37H44Cl4N6O2.C33H29Cl3N6O5/c1-4-5-6-7-8-9-10-11-12-13-14-15-33(48)42-27-18-19-29(39)32(23-27)43-36-34(45-44-28-17-16-24(2)25(3)20-28)37(49)47(46-36)35-30(40)21-26(38)22-31(35)41;1-19-7-12-28(20(2)13-19)46-17-29(43)38-23-5-4-6-25(16-23)47-18-37-32-30(40-39-22-8-10-24(45-3)11-9-22)33(44)42(41-32)31-26(35)14-21(34)15-27(31)36/h16-23,34H,4-15H2,1-3H3,(H,42,48)(H,43,46);4-16,30H,17-18H2,1-3H3,(H,37,41)(H,38,43). The van der Waals surface area contributed by atoms with E-state index in [0.717, 1.165) is 46.5 Å². The molecule has 0 saturated carbocycles. The summed E-state index contributed by atoms with van der Waals surface area (Å²) in [5.41, 5.74) is 12.9.